The summed E-state index contributed by atoms with van der Waals surface area (Å²) in [5, 5.41) is 5.99. The van der Waals surface area contributed by atoms with Crippen molar-refractivity contribution in [1.82, 2.24) is 10.3 Å². The highest BCUT2D eigenvalue weighted by Crippen LogP contribution is 2.17. The topological polar surface area (TPSA) is 24.9 Å². The number of pyridine rings is 1. The van der Waals surface area contributed by atoms with Crippen molar-refractivity contribution in [3.05, 3.63) is 42.2 Å². The van der Waals surface area contributed by atoms with Crippen LogP contribution in [-0.2, 0) is 6.42 Å². The van der Waals surface area contributed by atoms with E-state index in [0.717, 1.165) is 13.0 Å². The van der Waals surface area contributed by atoms with E-state index in [4.69, 9.17) is 0 Å². The fourth-order valence-electron chi connectivity index (χ4n) is 1.89. The monoisotopic (exact) mass is 214 g/mol. The minimum Gasteiger partial charge on any atom is -0.314 e. The molecule has 84 valence electrons. The molecule has 0 saturated carbocycles. The van der Waals surface area contributed by atoms with E-state index in [1.807, 2.05) is 12.4 Å². The van der Waals surface area contributed by atoms with Crippen LogP contribution in [0.5, 0.6) is 0 Å². The van der Waals surface area contributed by atoms with Gasteiger partial charge in [-0.05, 0) is 30.0 Å². The van der Waals surface area contributed by atoms with E-state index < -0.39 is 0 Å². The maximum absolute atomic E-state index is 4.20. The first-order chi connectivity index (χ1) is 7.77. The highest BCUT2D eigenvalue weighted by molar-refractivity contribution is 5.84. The van der Waals surface area contributed by atoms with Gasteiger partial charge in [0.25, 0.3) is 0 Å². The number of fused-ring (bicyclic) bond motifs is 1. The molecule has 0 aliphatic carbocycles. The summed E-state index contributed by atoms with van der Waals surface area (Å²) in [7, 11) is 0. The Morgan fingerprint density at radius 3 is 2.94 bits per heavy atom. The molecule has 2 rings (SSSR count). The molecular weight excluding hydrogens is 196 g/mol. The van der Waals surface area contributed by atoms with Crippen molar-refractivity contribution in [2.24, 2.45) is 0 Å². The van der Waals surface area contributed by atoms with E-state index in [0.29, 0.717) is 6.04 Å². The highest BCUT2D eigenvalue weighted by atomic mass is 14.9. The van der Waals surface area contributed by atoms with Crippen LogP contribution in [-0.4, -0.2) is 17.6 Å². The molecule has 1 aromatic heterocycles. The maximum Gasteiger partial charge on any atom is 0.0349 e. The normalized spacial score (nSPS) is 11.2. The van der Waals surface area contributed by atoms with E-state index in [1.54, 1.807) is 0 Å². The Hall–Kier alpha value is -1.41. The lowest BCUT2D eigenvalue weighted by molar-refractivity contribution is 0.591. The van der Waals surface area contributed by atoms with Crippen LogP contribution in [0.1, 0.15) is 19.4 Å². The molecule has 2 aromatic rings. The van der Waals surface area contributed by atoms with Gasteiger partial charge in [-0.1, -0.05) is 32.0 Å². The quantitative estimate of drug-likeness (QED) is 0.846. The Labute approximate surface area is 96.7 Å². The highest BCUT2D eigenvalue weighted by Gasteiger charge is 2.00. The van der Waals surface area contributed by atoms with Crippen molar-refractivity contribution in [3.63, 3.8) is 0 Å². The van der Waals surface area contributed by atoms with Gasteiger partial charge in [-0.15, -0.1) is 0 Å². The first kappa shape index (κ1) is 11.1. The van der Waals surface area contributed by atoms with Crippen molar-refractivity contribution in [3.8, 4) is 0 Å². The standard InChI is InChI=1S/C14H18N2/c1-11(2)16-9-7-13-5-3-4-12-6-8-15-10-14(12)13/h3-6,8,10-11,16H,7,9H2,1-2H3. The summed E-state index contributed by atoms with van der Waals surface area (Å²) in [6.45, 7) is 5.36. The van der Waals surface area contributed by atoms with E-state index in [9.17, 15) is 0 Å². The van der Waals surface area contributed by atoms with Gasteiger partial charge in [-0.3, -0.25) is 4.98 Å². The van der Waals surface area contributed by atoms with Gasteiger partial charge in [0.2, 0.25) is 0 Å². The summed E-state index contributed by atoms with van der Waals surface area (Å²) in [4.78, 5) is 4.20. The SMILES string of the molecule is CC(C)NCCc1cccc2ccncc12. The Bertz CT molecular complexity index is 458. The predicted molar refractivity (Wildman–Crippen MR) is 68.6 cm³/mol. The summed E-state index contributed by atoms with van der Waals surface area (Å²) >= 11 is 0. The number of nitrogens with zero attached hydrogens (tertiary/aromatic N) is 1. The second kappa shape index (κ2) is 5.08. The second-order valence-electron chi connectivity index (χ2n) is 4.37. The summed E-state index contributed by atoms with van der Waals surface area (Å²) in [5.74, 6) is 0. The molecular formula is C14H18N2. The number of benzene rings is 1. The molecule has 2 nitrogen and oxygen atoms in total. The maximum atomic E-state index is 4.20. The van der Waals surface area contributed by atoms with Gasteiger partial charge in [0.1, 0.15) is 0 Å². The van der Waals surface area contributed by atoms with Crippen molar-refractivity contribution in [2.75, 3.05) is 6.54 Å². The van der Waals surface area contributed by atoms with Crippen LogP contribution in [0.4, 0.5) is 0 Å². The number of nitrogens with one attached hydrogen (secondary N) is 1. The molecule has 0 unspecified atom stereocenters. The summed E-state index contributed by atoms with van der Waals surface area (Å²) in [6.07, 6.45) is 4.86. The molecule has 0 spiro atoms. The molecule has 1 N–H and O–H groups in total. The lowest BCUT2D eigenvalue weighted by atomic mass is 10.0. The lowest BCUT2D eigenvalue weighted by Crippen LogP contribution is -2.24. The Morgan fingerprint density at radius 1 is 1.25 bits per heavy atom. The van der Waals surface area contributed by atoms with Crippen LogP contribution in [0.3, 0.4) is 0 Å². The van der Waals surface area contributed by atoms with E-state index in [2.05, 4.69) is 48.4 Å². The molecule has 0 amide bonds. The number of hydrogen-bond acceptors (Lipinski definition) is 2. The average Bonchev–Trinajstić information content (AvgIpc) is 2.29. The summed E-state index contributed by atoms with van der Waals surface area (Å²) in [6, 6.07) is 9.05. The predicted octanol–water partition coefficient (Wildman–Crippen LogP) is 2.78. The third kappa shape index (κ3) is 2.58. The average molecular weight is 214 g/mol. The minimum atomic E-state index is 0.549. The summed E-state index contributed by atoms with van der Waals surface area (Å²) < 4.78 is 0. The first-order valence-corrected chi connectivity index (χ1v) is 5.82. The van der Waals surface area contributed by atoms with Gasteiger partial charge in [0.15, 0.2) is 0 Å². The Balaban J connectivity index is 2.17. The molecule has 0 fully saturated rings. The van der Waals surface area contributed by atoms with Crippen molar-refractivity contribution in [2.45, 2.75) is 26.3 Å². The molecule has 0 aliphatic rings. The molecule has 0 radical (unpaired) electrons. The van der Waals surface area contributed by atoms with Crippen LogP contribution < -0.4 is 5.32 Å². The molecule has 1 aromatic carbocycles. The zero-order valence-electron chi connectivity index (χ0n) is 9.90. The molecule has 0 aliphatic heterocycles. The number of aromatic nitrogens is 1. The van der Waals surface area contributed by atoms with Crippen molar-refractivity contribution >= 4 is 10.8 Å². The van der Waals surface area contributed by atoms with Crippen LogP contribution in [0.2, 0.25) is 0 Å². The zero-order valence-corrected chi connectivity index (χ0v) is 9.90. The van der Waals surface area contributed by atoms with E-state index in [1.165, 1.54) is 16.3 Å². The molecule has 16 heavy (non-hydrogen) atoms. The summed E-state index contributed by atoms with van der Waals surface area (Å²) in [5.41, 5.74) is 1.37. The number of rotatable bonds is 4. The van der Waals surface area contributed by atoms with Gasteiger partial charge in [-0.2, -0.15) is 0 Å². The second-order valence-corrected chi connectivity index (χ2v) is 4.37. The molecule has 0 bridgehead atoms. The lowest BCUT2D eigenvalue weighted by Gasteiger charge is -2.09. The third-order valence-corrected chi connectivity index (χ3v) is 2.72. The van der Waals surface area contributed by atoms with Gasteiger partial charge >= 0.3 is 0 Å². The minimum absolute atomic E-state index is 0.549. The van der Waals surface area contributed by atoms with Gasteiger partial charge in [0.05, 0.1) is 0 Å². The Kier molecular flexibility index (Phi) is 3.52. The smallest absolute Gasteiger partial charge is 0.0349 e. The van der Waals surface area contributed by atoms with Crippen LogP contribution in [0.25, 0.3) is 10.8 Å². The third-order valence-electron chi connectivity index (χ3n) is 2.72. The Morgan fingerprint density at radius 2 is 2.12 bits per heavy atom. The zero-order chi connectivity index (χ0) is 11.4. The van der Waals surface area contributed by atoms with Crippen LogP contribution in [0, 0.1) is 0 Å². The van der Waals surface area contributed by atoms with Crippen molar-refractivity contribution in [1.29, 1.82) is 0 Å². The molecule has 1 heterocycles. The molecule has 0 atom stereocenters. The van der Waals surface area contributed by atoms with Crippen LogP contribution >= 0.6 is 0 Å². The first-order valence-electron chi connectivity index (χ1n) is 5.82. The van der Waals surface area contributed by atoms with Gasteiger partial charge in [-0.25, -0.2) is 0 Å². The van der Waals surface area contributed by atoms with Crippen molar-refractivity contribution < 1.29 is 0 Å². The number of hydrogen-bond donors (Lipinski definition) is 1. The van der Waals surface area contributed by atoms with E-state index in [-0.39, 0.29) is 0 Å². The largest absolute Gasteiger partial charge is 0.314 e. The fourth-order valence-corrected chi connectivity index (χ4v) is 1.89. The fraction of sp³-hybridized carbons (Fsp3) is 0.357. The molecule has 2 heteroatoms. The molecule has 0 saturated heterocycles. The van der Waals surface area contributed by atoms with Gasteiger partial charge < -0.3 is 5.32 Å². The van der Waals surface area contributed by atoms with Crippen LogP contribution in [0.15, 0.2) is 36.7 Å². The van der Waals surface area contributed by atoms with E-state index >= 15 is 0 Å². The van der Waals surface area contributed by atoms with Gasteiger partial charge in [0, 0.05) is 23.8 Å².